The van der Waals surface area contributed by atoms with Gasteiger partial charge in [-0.05, 0) is 56.6 Å². The lowest BCUT2D eigenvalue weighted by molar-refractivity contribution is -0.115. The molecule has 0 aromatic heterocycles. The van der Waals surface area contributed by atoms with Crippen LogP contribution < -0.4 is 10.2 Å². The van der Waals surface area contributed by atoms with Gasteiger partial charge in [0.1, 0.15) is 10.7 Å². The maximum atomic E-state index is 13.7. The molecule has 1 aromatic carbocycles. The number of nitrogens with zero attached hydrogens (tertiary/aromatic N) is 2. The number of thioether (sulfide) groups is 1. The molecule has 1 N–H and O–H groups in total. The zero-order valence-electron chi connectivity index (χ0n) is 13.5. The lowest BCUT2D eigenvalue weighted by Crippen LogP contribution is -2.31. The van der Waals surface area contributed by atoms with E-state index in [1.54, 1.807) is 12.1 Å². The maximum absolute atomic E-state index is 13.7. The molecular formula is C17H18FN3O2S. The number of hydrogen-bond acceptors (Lipinski definition) is 5. The largest absolute Gasteiger partial charge is 0.369 e. The number of nitrogens with one attached hydrogen (secondary N) is 1. The number of benzene rings is 1. The van der Waals surface area contributed by atoms with Crippen molar-refractivity contribution in [1.29, 1.82) is 0 Å². The molecular weight excluding hydrogens is 329 g/mol. The van der Waals surface area contributed by atoms with Crippen LogP contribution in [0.5, 0.6) is 0 Å². The van der Waals surface area contributed by atoms with Gasteiger partial charge in [-0.2, -0.15) is 0 Å². The highest BCUT2D eigenvalue weighted by molar-refractivity contribution is 8.18. The number of hydrogen-bond donors (Lipinski definition) is 1. The third-order valence-electron chi connectivity index (χ3n) is 4.20. The van der Waals surface area contributed by atoms with Gasteiger partial charge in [-0.1, -0.05) is 5.73 Å². The number of carbonyl (C=O) groups excluding carboxylic acids is 2. The summed E-state index contributed by atoms with van der Waals surface area (Å²) in [6.45, 7) is 1.75. The van der Waals surface area contributed by atoms with Gasteiger partial charge in [0.2, 0.25) is 0 Å². The summed E-state index contributed by atoms with van der Waals surface area (Å²) in [6.07, 6.45) is 2.61. The van der Waals surface area contributed by atoms with Gasteiger partial charge in [0.25, 0.3) is 11.1 Å². The van der Waals surface area contributed by atoms with Crippen LogP contribution in [-0.4, -0.2) is 49.3 Å². The Kier molecular flexibility index (Phi) is 4.76. The molecule has 7 heteroatoms. The molecule has 2 aliphatic rings. The molecule has 5 nitrogen and oxygen atoms in total. The lowest BCUT2D eigenvalue weighted by atomic mass is 10.1. The van der Waals surface area contributed by atoms with Crippen LogP contribution in [0.15, 0.2) is 28.8 Å². The number of carbonyl (C=O) groups is 2. The molecule has 24 heavy (non-hydrogen) atoms. The van der Waals surface area contributed by atoms with Crippen molar-refractivity contribution in [1.82, 2.24) is 10.2 Å². The quantitative estimate of drug-likeness (QED) is 0.672. The predicted octanol–water partition coefficient (Wildman–Crippen LogP) is 2.45. The molecule has 0 unspecified atom stereocenters. The van der Waals surface area contributed by atoms with Crippen LogP contribution >= 0.6 is 11.8 Å². The first kappa shape index (κ1) is 16.8. The van der Waals surface area contributed by atoms with Crippen molar-refractivity contribution in [2.24, 2.45) is 0 Å². The maximum Gasteiger partial charge on any atom is 0.291 e. The number of likely N-dealkylation sites (N-methyl/N-ethyl adjacent to an activating group) is 1. The summed E-state index contributed by atoms with van der Waals surface area (Å²) in [6, 6.07) is 5.06. The van der Waals surface area contributed by atoms with E-state index in [0.29, 0.717) is 11.6 Å². The highest BCUT2D eigenvalue weighted by Crippen LogP contribution is 2.28. The van der Waals surface area contributed by atoms with Crippen molar-refractivity contribution >= 4 is 34.7 Å². The smallest absolute Gasteiger partial charge is 0.291 e. The second-order valence-corrected chi connectivity index (χ2v) is 7.00. The molecule has 2 saturated heterocycles. The number of amides is 2. The van der Waals surface area contributed by atoms with Gasteiger partial charge in [0.05, 0.1) is 0 Å². The van der Waals surface area contributed by atoms with Crippen LogP contribution in [0, 0.1) is 5.82 Å². The van der Waals surface area contributed by atoms with Crippen molar-refractivity contribution in [3.05, 3.63) is 40.2 Å². The van der Waals surface area contributed by atoms with E-state index in [0.717, 1.165) is 37.0 Å². The van der Waals surface area contributed by atoms with Gasteiger partial charge in [0, 0.05) is 30.4 Å². The molecule has 1 atom stereocenters. The summed E-state index contributed by atoms with van der Waals surface area (Å²) >= 11 is 0.800. The summed E-state index contributed by atoms with van der Waals surface area (Å²) in [5, 5.41) is 1.76. The minimum Gasteiger partial charge on any atom is -0.369 e. The van der Waals surface area contributed by atoms with E-state index in [2.05, 4.69) is 34.9 Å². The normalized spacial score (nSPS) is 20.6. The topological polar surface area (TPSA) is 52.6 Å². The SMILES string of the molecule is CN(C)[C@H]1CCN(c2ccc(F)cc2C=C=C2SC(=O)NC2=O)C1. The molecule has 0 aliphatic carbocycles. The zero-order valence-corrected chi connectivity index (χ0v) is 14.3. The third kappa shape index (κ3) is 3.53. The summed E-state index contributed by atoms with van der Waals surface area (Å²) in [5.74, 6) is -0.812. The van der Waals surface area contributed by atoms with Crippen molar-refractivity contribution < 1.29 is 14.0 Å². The van der Waals surface area contributed by atoms with Crippen LogP contribution in [0.2, 0.25) is 0 Å². The van der Waals surface area contributed by atoms with Gasteiger partial charge in [-0.15, -0.1) is 0 Å². The molecule has 2 aliphatic heterocycles. The van der Waals surface area contributed by atoms with Crippen LogP contribution in [0.1, 0.15) is 12.0 Å². The number of anilines is 1. The summed E-state index contributed by atoms with van der Waals surface area (Å²) in [4.78, 5) is 27.3. The zero-order chi connectivity index (χ0) is 17.3. The van der Waals surface area contributed by atoms with E-state index < -0.39 is 11.1 Å². The minimum absolute atomic E-state index is 0.197. The first-order valence-electron chi connectivity index (χ1n) is 7.65. The van der Waals surface area contributed by atoms with Gasteiger partial charge in [-0.25, -0.2) is 4.39 Å². The first-order valence-corrected chi connectivity index (χ1v) is 8.46. The molecule has 0 spiro atoms. The Bertz CT molecular complexity index is 756. The van der Waals surface area contributed by atoms with E-state index in [1.165, 1.54) is 12.1 Å². The van der Waals surface area contributed by atoms with E-state index in [9.17, 15) is 14.0 Å². The average Bonchev–Trinajstić information content (AvgIpc) is 3.12. The molecule has 2 heterocycles. The van der Waals surface area contributed by atoms with Crippen molar-refractivity contribution in [2.75, 3.05) is 32.1 Å². The standard InChI is InChI=1S/C17H18FN3O2S/c1-20(2)13-7-8-21(10-13)14-5-4-12(18)9-11(14)3-6-15-16(22)19-17(23)24-15/h3-5,9,13H,7-8,10H2,1-2H3,(H,19,22,23)/t6?,13-/m0/s1. The Morgan fingerprint density at radius 1 is 1.42 bits per heavy atom. The Balaban J connectivity index is 1.91. The fourth-order valence-electron chi connectivity index (χ4n) is 2.86. The molecule has 126 valence electrons. The van der Waals surface area contributed by atoms with E-state index in [1.807, 2.05) is 0 Å². The van der Waals surface area contributed by atoms with Gasteiger partial charge < -0.3 is 9.80 Å². The molecule has 1 aromatic rings. The molecule has 3 rings (SSSR count). The summed E-state index contributed by atoms with van der Waals surface area (Å²) in [7, 11) is 4.11. The van der Waals surface area contributed by atoms with Crippen LogP contribution in [0.25, 0.3) is 6.08 Å². The first-order chi connectivity index (χ1) is 11.4. The minimum atomic E-state index is -0.465. The second-order valence-electron chi connectivity index (χ2n) is 6.02. The molecule has 0 bridgehead atoms. The predicted molar refractivity (Wildman–Crippen MR) is 93.3 cm³/mol. The van der Waals surface area contributed by atoms with Gasteiger partial charge in [-0.3, -0.25) is 14.9 Å². The number of halogens is 1. The molecule has 0 saturated carbocycles. The Morgan fingerprint density at radius 3 is 2.83 bits per heavy atom. The second kappa shape index (κ2) is 6.81. The van der Waals surface area contributed by atoms with Gasteiger partial charge in [0.15, 0.2) is 0 Å². The van der Waals surface area contributed by atoms with Crippen molar-refractivity contribution in [3.8, 4) is 0 Å². The number of rotatable bonds is 3. The Morgan fingerprint density at radius 2 is 2.21 bits per heavy atom. The summed E-state index contributed by atoms with van der Waals surface area (Å²) < 4.78 is 13.7. The highest BCUT2D eigenvalue weighted by Gasteiger charge is 2.26. The monoisotopic (exact) mass is 347 g/mol. The van der Waals surface area contributed by atoms with Crippen LogP contribution in [0.4, 0.5) is 14.9 Å². The van der Waals surface area contributed by atoms with E-state index in [4.69, 9.17) is 0 Å². The van der Waals surface area contributed by atoms with Crippen molar-refractivity contribution in [2.45, 2.75) is 12.5 Å². The molecule has 2 amide bonds. The highest BCUT2D eigenvalue weighted by atomic mass is 32.2. The fourth-order valence-corrected chi connectivity index (χ4v) is 3.45. The fraction of sp³-hybridized carbons (Fsp3) is 0.353. The van der Waals surface area contributed by atoms with Crippen molar-refractivity contribution in [3.63, 3.8) is 0 Å². The Labute approximate surface area is 144 Å². The third-order valence-corrected chi connectivity index (χ3v) is 4.99. The van der Waals surface area contributed by atoms with Crippen LogP contribution in [-0.2, 0) is 4.79 Å². The molecule has 0 radical (unpaired) electrons. The number of imide groups is 1. The van der Waals surface area contributed by atoms with Gasteiger partial charge >= 0.3 is 0 Å². The van der Waals surface area contributed by atoms with E-state index >= 15 is 0 Å². The molecule has 2 fully saturated rings. The summed E-state index contributed by atoms with van der Waals surface area (Å²) in [5.41, 5.74) is 4.38. The Hall–Kier alpha value is -2.08. The average molecular weight is 347 g/mol. The van der Waals surface area contributed by atoms with Crippen LogP contribution in [0.3, 0.4) is 0 Å². The van der Waals surface area contributed by atoms with E-state index in [-0.39, 0.29) is 10.7 Å². The lowest BCUT2D eigenvalue weighted by Gasteiger charge is -2.23.